The summed E-state index contributed by atoms with van der Waals surface area (Å²) in [6, 6.07) is 52.3. The predicted octanol–water partition coefficient (Wildman–Crippen LogP) is 10.6. The number of rotatable bonds is 14. The molecule has 1 atom stereocenters. The molecule has 64 heavy (non-hydrogen) atoms. The quantitative estimate of drug-likeness (QED) is 0.0643. The van der Waals surface area contributed by atoms with Crippen LogP contribution in [-0.4, -0.2) is 69.3 Å². The van der Waals surface area contributed by atoms with Crippen LogP contribution < -0.4 is 4.48 Å². The van der Waals surface area contributed by atoms with Crippen LogP contribution >= 0.6 is 0 Å². The molecule has 7 aromatic rings. The summed E-state index contributed by atoms with van der Waals surface area (Å²) in [5.74, 6) is -0.604. The van der Waals surface area contributed by atoms with Crippen molar-refractivity contribution in [2.45, 2.75) is 57.2 Å². The molecule has 0 bridgehead atoms. The number of aromatic carboxylic acids is 1. The number of carbonyl (C=O) groups excluding carboxylic acids is 1. The predicted molar refractivity (Wildman–Crippen MR) is 245 cm³/mol. The third kappa shape index (κ3) is 7.92. The van der Waals surface area contributed by atoms with Crippen LogP contribution in [-0.2, 0) is 26.3 Å². The highest BCUT2D eigenvalue weighted by Crippen LogP contribution is 2.47. The second kappa shape index (κ2) is 18.5. The molecular formula is C52H49N6O6+. The molecule has 9 rings (SSSR count). The van der Waals surface area contributed by atoms with E-state index >= 15 is 0 Å². The number of amidine groups is 1. The number of hydrogen-bond acceptors (Lipinski definition) is 9. The van der Waals surface area contributed by atoms with Crippen molar-refractivity contribution in [2.75, 3.05) is 19.8 Å². The maximum absolute atomic E-state index is 13.1. The normalized spacial score (nSPS) is 16.1. The van der Waals surface area contributed by atoms with E-state index in [-0.39, 0.29) is 42.5 Å². The third-order valence-corrected chi connectivity index (χ3v) is 12.3. The van der Waals surface area contributed by atoms with Crippen molar-refractivity contribution in [3.8, 4) is 22.5 Å². The number of fused-ring (bicyclic) bond motifs is 1. The molecular weight excluding hydrogens is 805 g/mol. The van der Waals surface area contributed by atoms with Gasteiger partial charge in [0.15, 0.2) is 11.5 Å². The van der Waals surface area contributed by atoms with Gasteiger partial charge in [-0.1, -0.05) is 146 Å². The Balaban J connectivity index is 1.22. The second-order valence-corrected chi connectivity index (χ2v) is 16.1. The first-order chi connectivity index (χ1) is 31.4. The van der Waals surface area contributed by atoms with Crippen molar-refractivity contribution in [3.63, 3.8) is 0 Å². The van der Waals surface area contributed by atoms with Crippen molar-refractivity contribution in [1.29, 1.82) is 0 Å². The number of carboxylic acid groups (broad SMARTS) is 1. The summed E-state index contributed by atoms with van der Waals surface area (Å²) >= 11 is 0. The number of benzene rings is 6. The minimum Gasteiger partial charge on any atom is -0.477 e. The van der Waals surface area contributed by atoms with Crippen LogP contribution in [0.2, 0.25) is 0 Å². The van der Waals surface area contributed by atoms with E-state index in [0.717, 1.165) is 71.0 Å². The van der Waals surface area contributed by atoms with E-state index < -0.39 is 17.7 Å². The highest BCUT2D eigenvalue weighted by atomic mass is 16.7. The van der Waals surface area contributed by atoms with Gasteiger partial charge in [0.05, 0.1) is 6.61 Å². The maximum atomic E-state index is 13.1. The number of tetrazole rings is 1. The van der Waals surface area contributed by atoms with E-state index in [2.05, 4.69) is 65.9 Å². The fraction of sp³-hybridized carbons (Fsp3) is 0.231. The topological polar surface area (TPSA) is 138 Å². The molecule has 1 aromatic heterocycles. The SMILES string of the molecule is CCOC1=Nc2cccc(C(=O)O)c2[N+]1(CCOC(=O)OC1CCCCC1)Cc1ccc(-c2ccccc2)c(-c2nnnn2C(c2ccccc2)(c2ccccc2)c2ccccc2)c1. The number of quaternary nitrogens is 1. The molecule has 2 aliphatic rings. The Labute approximate surface area is 372 Å². The van der Waals surface area contributed by atoms with Gasteiger partial charge < -0.3 is 19.3 Å². The van der Waals surface area contributed by atoms with Crippen molar-refractivity contribution in [2.24, 2.45) is 4.99 Å². The molecule has 322 valence electrons. The van der Waals surface area contributed by atoms with Crippen molar-refractivity contribution in [3.05, 3.63) is 186 Å². The van der Waals surface area contributed by atoms with Gasteiger partial charge in [0.2, 0.25) is 0 Å². The first-order valence-electron chi connectivity index (χ1n) is 21.9. The van der Waals surface area contributed by atoms with Gasteiger partial charge in [0.25, 0.3) is 0 Å². The number of carboxylic acids is 1. The van der Waals surface area contributed by atoms with Gasteiger partial charge >= 0.3 is 18.1 Å². The second-order valence-electron chi connectivity index (χ2n) is 16.1. The van der Waals surface area contributed by atoms with E-state index in [0.29, 0.717) is 23.2 Å². The molecule has 0 spiro atoms. The molecule has 0 amide bonds. The average molecular weight is 854 g/mol. The largest absolute Gasteiger partial charge is 0.508 e. The van der Waals surface area contributed by atoms with Gasteiger partial charge in [0, 0.05) is 11.1 Å². The molecule has 6 aromatic carbocycles. The van der Waals surface area contributed by atoms with E-state index in [1.54, 1.807) is 18.2 Å². The molecule has 1 aliphatic carbocycles. The van der Waals surface area contributed by atoms with Gasteiger partial charge in [-0.15, -0.1) is 5.10 Å². The number of aromatic nitrogens is 4. The van der Waals surface area contributed by atoms with E-state index in [1.807, 2.05) is 90.5 Å². The summed E-state index contributed by atoms with van der Waals surface area (Å²) in [4.78, 5) is 31.1. The third-order valence-electron chi connectivity index (χ3n) is 12.3. The lowest BCUT2D eigenvalue weighted by molar-refractivity contribution is 0.00889. The Morgan fingerprint density at radius 3 is 1.98 bits per heavy atom. The molecule has 1 unspecified atom stereocenters. The number of hydrogen-bond donors (Lipinski definition) is 1. The standard InChI is InChI=1S/C52H48N6O6/c1-2-62-50-53-46-30-18-29-44(49(59)60)47(46)58(50,33-34-63-51(61)64-42-27-16-7-17-28-42)36-37-31-32-43(38-19-8-3-9-20-38)45(35-37)48-54-55-56-57(48)52(39-21-10-4-11-22-39,40-23-12-5-13-24-40)41-25-14-6-15-26-41/h3-6,8-15,18-26,29-32,35,42H,2,7,16-17,27-28,33-34,36H2,1H3/p+1. The smallest absolute Gasteiger partial charge is 0.477 e. The lowest BCUT2D eigenvalue weighted by atomic mass is 9.77. The Bertz CT molecular complexity index is 2660. The number of aliphatic imine (C=N–C) groups is 1. The van der Waals surface area contributed by atoms with Gasteiger partial charge in [-0.25, -0.2) is 18.8 Å². The summed E-state index contributed by atoms with van der Waals surface area (Å²) < 4.78 is 19.6. The van der Waals surface area contributed by atoms with Crippen molar-refractivity contribution >= 4 is 29.5 Å². The van der Waals surface area contributed by atoms with E-state index in [4.69, 9.17) is 29.5 Å². The Kier molecular flexibility index (Phi) is 12.1. The fourth-order valence-electron chi connectivity index (χ4n) is 9.44. The molecule has 1 aliphatic heterocycles. The van der Waals surface area contributed by atoms with Crippen LogP contribution in [0.5, 0.6) is 0 Å². The lowest BCUT2D eigenvalue weighted by Gasteiger charge is -2.36. The monoisotopic (exact) mass is 853 g/mol. The Morgan fingerprint density at radius 2 is 1.38 bits per heavy atom. The van der Waals surface area contributed by atoms with E-state index in [9.17, 15) is 14.7 Å². The first kappa shape index (κ1) is 41.9. The van der Waals surface area contributed by atoms with Crippen LogP contribution in [0.15, 0.2) is 163 Å². The number of carbonyl (C=O) groups is 2. The van der Waals surface area contributed by atoms with Gasteiger partial charge in [0.1, 0.15) is 42.6 Å². The highest BCUT2D eigenvalue weighted by molar-refractivity contribution is 6.06. The zero-order valence-electron chi connectivity index (χ0n) is 35.6. The van der Waals surface area contributed by atoms with Crippen molar-refractivity contribution in [1.82, 2.24) is 24.7 Å². The lowest BCUT2D eigenvalue weighted by Crippen LogP contribution is -2.55. The van der Waals surface area contributed by atoms with Crippen LogP contribution in [0.25, 0.3) is 22.5 Å². The van der Waals surface area contributed by atoms with Crippen molar-refractivity contribution < 1.29 is 28.9 Å². The minimum atomic E-state index is -1.11. The van der Waals surface area contributed by atoms with Crippen LogP contribution in [0, 0.1) is 0 Å². The summed E-state index contributed by atoms with van der Waals surface area (Å²) in [6.07, 6.45) is 3.81. The summed E-state index contributed by atoms with van der Waals surface area (Å²) in [7, 11) is 0. The highest BCUT2D eigenvalue weighted by Gasteiger charge is 2.49. The Morgan fingerprint density at radius 1 is 0.750 bits per heavy atom. The average Bonchev–Trinajstić information content (AvgIpc) is 3.94. The number of para-hydroxylation sites is 1. The summed E-state index contributed by atoms with van der Waals surface area (Å²) in [5.41, 5.74) is 6.21. The van der Waals surface area contributed by atoms with Crippen LogP contribution in [0.1, 0.15) is 71.6 Å². The minimum absolute atomic E-state index is 0.0733. The summed E-state index contributed by atoms with van der Waals surface area (Å²) in [6.45, 7) is 2.34. The molecule has 0 saturated heterocycles. The van der Waals surface area contributed by atoms with Gasteiger partial charge in [-0.3, -0.25) is 0 Å². The molecule has 1 saturated carbocycles. The number of nitrogens with zero attached hydrogens (tertiary/aromatic N) is 6. The molecule has 12 heteroatoms. The zero-order valence-corrected chi connectivity index (χ0v) is 35.6. The number of ether oxygens (including phenoxy) is 3. The Hall–Kier alpha value is -7.44. The van der Waals surface area contributed by atoms with Crippen LogP contribution in [0.3, 0.4) is 0 Å². The van der Waals surface area contributed by atoms with E-state index in [1.165, 1.54) is 0 Å². The zero-order chi connectivity index (χ0) is 43.9. The maximum Gasteiger partial charge on any atom is 0.508 e. The molecule has 0 radical (unpaired) electrons. The molecule has 1 N–H and O–H groups in total. The van der Waals surface area contributed by atoms with Gasteiger partial charge in [-0.05, 0) is 89.1 Å². The molecule has 12 nitrogen and oxygen atoms in total. The van der Waals surface area contributed by atoms with Crippen LogP contribution in [0.4, 0.5) is 16.2 Å². The molecule has 2 heterocycles. The first-order valence-corrected chi connectivity index (χ1v) is 21.9. The summed E-state index contributed by atoms with van der Waals surface area (Å²) in [5, 5.41) is 24.8. The fourth-order valence-corrected chi connectivity index (χ4v) is 9.44. The van der Waals surface area contributed by atoms with Gasteiger partial charge in [-0.2, -0.15) is 4.99 Å². The molecule has 1 fully saturated rings.